The minimum Gasteiger partial charge on any atom is -0.496 e. The van der Waals surface area contributed by atoms with Crippen LogP contribution in [0.1, 0.15) is 17.3 Å². The number of carbonyl (C=O) groups is 2. The highest BCUT2D eigenvalue weighted by molar-refractivity contribution is 5.98. The number of methoxy groups -OCH3 is 3. The molecule has 2 aromatic carbocycles. The molecule has 0 fully saturated rings. The number of ether oxygens (including phenoxy) is 4. The van der Waals surface area contributed by atoms with Crippen LogP contribution in [0.25, 0.3) is 0 Å². The molecule has 0 aliphatic heterocycles. The maximum absolute atomic E-state index is 12.3. The van der Waals surface area contributed by atoms with Crippen molar-refractivity contribution in [1.29, 1.82) is 0 Å². The first kappa shape index (κ1) is 19.1. The third-order valence-corrected chi connectivity index (χ3v) is 3.63. The zero-order valence-corrected chi connectivity index (χ0v) is 15.1. The van der Waals surface area contributed by atoms with Crippen molar-refractivity contribution >= 4 is 17.6 Å². The molecule has 1 atom stereocenters. The molecule has 2 aromatic rings. The first-order chi connectivity index (χ1) is 12.5. The van der Waals surface area contributed by atoms with Gasteiger partial charge in [0, 0.05) is 11.8 Å². The van der Waals surface area contributed by atoms with Crippen LogP contribution in [0.5, 0.6) is 17.2 Å². The number of nitrogens with one attached hydrogen (secondary N) is 1. The molecule has 2 rings (SSSR count). The third-order valence-electron chi connectivity index (χ3n) is 3.63. The summed E-state index contributed by atoms with van der Waals surface area (Å²) in [5.41, 5.74) is 0.744. The number of hydrogen-bond acceptors (Lipinski definition) is 6. The Kier molecular flexibility index (Phi) is 6.43. The van der Waals surface area contributed by atoms with E-state index in [1.54, 1.807) is 42.5 Å². The van der Waals surface area contributed by atoms with Crippen LogP contribution in [0.15, 0.2) is 42.5 Å². The molecule has 7 heteroatoms. The molecule has 0 aromatic heterocycles. The number of anilines is 1. The summed E-state index contributed by atoms with van der Waals surface area (Å²) < 4.78 is 20.7. The average molecular weight is 359 g/mol. The van der Waals surface area contributed by atoms with Crippen LogP contribution in [0, 0.1) is 0 Å². The van der Waals surface area contributed by atoms with Gasteiger partial charge in [-0.25, -0.2) is 4.79 Å². The molecular weight excluding hydrogens is 338 g/mol. The van der Waals surface area contributed by atoms with Gasteiger partial charge in [0.25, 0.3) is 5.91 Å². The van der Waals surface area contributed by atoms with Crippen molar-refractivity contribution in [3.05, 3.63) is 48.0 Å². The Hall–Kier alpha value is -3.22. The van der Waals surface area contributed by atoms with E-state index in [0.717, 1.165) is 0 Å². The van der Waals surface area contributed by atoms with Crippen LogP contribution in [0.3, 0.4) is 0 Å². The lowest BCUT2D eigenvalue weighted by molar-refractivity contribution is -0.123. The SMILES string of the molecule is COc1ccc(NC(=O)C(C)OC(=O)c2ccccc2OC)cc1OC. The smallest absolute Gasteiger partial charge is 0.342 e. The highest BCUT2D eigenvalue weighted by Crippen LogP contribution is 2.29. The molecule has 0 bridgehead atoms. The predicted octanol–water partition coefficient (Wildman–Crippen LogP) is 2.90. The van der Waals surface area contributed by atoms with Gasteiger partial charge >= 0.3 is 5.97 Å². The van der Waals surface area contributed by atoms with Crippen LogP contribution in [-0.2, 0) is 9.53 Å². The Morgan fingerprint density at radius 3 is 2.19 bits per heavy atom. The molecule has 0 aliphatic carbocycles. The largest absolute Gasteiger partial charge is 0.496 e. The van der Waals surface area contributed by atoms with Crippen LogP contribution >= 0.6 is 0 Å². The first-order valence-corrected chi connectivity index (χ1v) is 7.87. The Labute approximate surface area is 151 Å². The molecule has 0 heterocycles. The van der Waals surface area contributed by atoms with E-state index in [-0.39, 0.29) is 5.56 Å². The van der Waals surface area contributed by atoms with Crippen molar-refractivity contribution in [3.8, 4) is 17.2 Å². The van der Waals surface area contributed by atoms with Gasteiger partial charge in [0.1, 0.15) is 11.3 Å². The lowest BCUT2D eigenvalue weighted by atomic mass is 10.2. The standard InChI is InChI=1S/C19H21NO6/c1-12(26-19(22)14-7-5-6-8-15(14)23-2)18(21)20-13-9-10-16(24-3)17(11-13)25-4/h5-12H,1-4H3,(H,20,21). The highest BCUT2D eigenvalue weighted by atomic mass is 16.5. The van der Waals surface area contributed by atoms with Crippen molar-refractivity contribution in [2.24, 2.45) is 0 Å². The van der Waals surface area contributed by atoms with Gasteiger partial charge in [0.15, 0.2) is 17.6 Å². The predicted molar refractivity (Wildman–Crippen MR) is 96.0 cm³/mol. The van der Waals surface area contributed by atoms with Crippen molar-refractivity contribution in [2.75, 3.05) is 26.6 Å². The van der Waals surface area contributed by atoms with E-state index in [0.29, 0.717) is 22.9 Å². The summed E-state index contributed by atoms with van der Waals surface area (Å²) in [5.74, 6) is 0.285. The normalized spacial score (nSPS) is 11.2. The van der Waals surface area contributed by atoms with Crippen molar-refractivity contribution in [1.82, 2.24) is 0 Å². The molecule has 0 saturated heterocycles. The van der Waals surface area contributed by atoms with Gasteiger partial charge in [0.2, 0.25) is 0 Å². The summed E-state index contributed by atoms with van der Waals surface area (Å²) >= 11 is 0. The molecule has 0 aliphatic rings. The van der Waals surface area contributed by atoms with Crippen molar-refractivity contribution in [2.45, 2.75) is 13.0 Å². The zero-order chi connectivity index (χ0) is 19.1. The fourth-order valence-electron chi connectivity index (χ4n) is 2.25. The molecule has 1 N–H and O–H groups in total. The molecule has 0 spiro atoms. The molecule has 1 unspecified atom stereocenters. The summed E-state index contributed by atoms with van der Waals surface area (Å²) in [6.45, 7) is 1.49. The van der Waals surface area contributed by atoms with Crippen LogP contribution in [-0.4, -0.2) is 39.3 Å². The maximum Gasteiger partial charge on any atom is 0.342 e. The van der Waals surface area contributed by atoms with E-state index >= 15 is 0 Å². The molecule has 26 heavy (non-hydrogen) atoms. The second-order valence-electron chi connectivity index (χ2n) is 5.31. The maximum atomic E-state index is 12.3. The molecule has 1 amide bonds. The monoisotopic (exact) mass is 359 g/mol. The minimum absolute atomic E-state index is 0.251. The molecular formula is C19H21NO6. The fraction of sp³-hybridized carbons (Fsp3) is 0.263. The molecule has 138 valence electrons. The van der Waals surface area contributed by atoms with Gasteiger partial charge in [-0.3, -0.25) is 4.79 Å². The summed E-state index contributed by atoms with van der Waals surface area (Å²) in [4.78, 5) is 24.6. The molecule has 0 radical (unpaired) electrons. The van der Waals surface area contributed by atoms with Gasteiger partial charge < -0.3 is 24.3 Å². The van der Waals surface area contributed by atoms with Gasteiger partial charge in [0.05, 0.1) is 21.3 Å². The lowest BCUT2D eigenvalue weighted by Gasteiger charge is -2.15. The topological polar surface area (TPSA) is 83.1 Å². The van der Waals surface area contributed by atoms with Crippen molar-refractivity contribution in [3.63, 3.8) is 0 Å². The Balaban J connectivity index is 2.04. The number of rotatable bonds is 7. The Morgan fingerprint density at radius 1 is 0.885 bits per heavy atom. The average Bonchev–Trinajstić information content (AvgIpc) is 2.67. The number of para-hydroxylation sites is 1. The van der Waals surface area contributed by atoms with Crippen molar-refractivity contribution < 1.29 is 28.5 Å². The number of hydrogen-bond donors (Lipinski definition) is 1. The third kappa shape index (κ3) is 4.44. The zero-order valence-electron chi connectivity index (χ0n) is 15.1. The van der Waals surface area contributed by atoms with Crippen LogP contribution in [0.4, 0.5) is 5.69 Å². The number of carbonyl (C=O) groups excluding carboxylic acids is 2. The fourth-order valence-corrected chi connectivity index (χ4v) is 2.25. The second-order valence-corrected chi connectivity index (χ2v) is 5.31. The summed E-state index contributed by atoms with van der Waals surface area (Å²) in [7, 11) is 4.48. The van der Waals surface area contributed by atoms with Gasteiger partial charge in [-0.15, -0.1) is 0 Å². The van der Waals surface area contributed by atoms with E-state index in [4.69, 9.17) is 18.9 Å². The quantitative estimate of drug-likeness (QED) is 0.766. The second kappa shape index (κ2) is 8.75. The van der Waals surface area contributed by atoms with Gasteiger partial charge in [-0.2, -0.15) is 0 Å². The number of amides is 1. The summed E-state index contributed by atoms with van der Waals surface area (Å²) in [6, 6.07) is 11.6. The van der Waals surface area contributed by atoms with Gasteiger partial charge in [-0.1, -0.05) is 12.1 Å². The van der Waals surface area contributed by atoms with E-state index in [1.807, 2.05) is 0 Å². The Morgan fingerprint density at radius 2 is 1.54 bits per heavy atom. The number of benzene rings is 2. The molecule has 7 nitrogen and oxygen atoms in total. The lowest BCUT2D eigenvalue weighted by Crippen LogP contribution is -2.30. The highest BCUT2D eigenvalue weighted by Gasteiger charge is 2.21. The van der Waals surface area contributed by atoms with E-state index in [1.165, 1.54) is 28.3 Å². The number of esters is 1. The summed E-state index contributed by atoms with van der Waals surface area (Å²) in [6.07, 6.45) is -1.000. The minimum atomic E-state index is -1.000. The summed E-state index contributed by atoms with van der Waals surface area (Å²) in [5, 5.41) is 2.67. The van der Waals surface area contributed by atoms with Crippen LogP contribution < -0.4 is 19.5 Å². The first-order valence-electron chi connectivity index (χ1n) is 7.87. The molecule has 0 saturated carbocycles. The van der Waals surface area contributed by atoms with E-state index in [2.05, 4.69) is 5.32 Å². The Bertz CT molecular complexity index is 789. The van der Waals surface area contributed by atoms with Gasteiger partial charge in [-0.05, 0) is 31.2 Å². The van der Waals surface area contributed by atoms with Crippen LogP contribution in [0.2, 0.25) is 0 Å². The van der Waals surface area contributed by atoms with E-state index in [9.17, 15) is 9.59 Å². The van der Waals surface area contributed by atoms with E-state index < -0.39 is 18.0 Å².